The fourth-order valence-corrected chi connectivity index (χ4v) is 3.72. The summed E-state index contributed by atoms with van der Waals surface area (Å²) in [6.45, 7) is 5.08. The Balaban J connectivity index is 2.09. The van der Waals surface area contributed by atoms with E-state index >= 15 is 4.39 Å². The molecule has 0 N–H and O–H groups in total. The van der Waals surface area contributed by atoms with Crippen molar-refractivity contribution < 1.29 is 18.7 Å². The molecule has 0 saturated heterocycles. The molecule has 0 aromatic heterocycles. The SMILES string of the molecule is CC(C)(C)OC(=O)[C@@]1(F)C(/C=C/c2ccccc2)=CC(=O)C[C@H]1c1ccc(Br)cc1. The van der Waals surface area contributed by atoms with E-state index in [0.29, 0.717) is 5.56 Å². The van der Waals surface area contributed by atoms with Crippen LogP contribution in [0.25, 0.3) is 6.08 Å². The van der Waals surface area contributed by atoms with Crippen molar-refractivity contribution in [2.45, 2.75) is 44.4 Å². The Morgan fingerprint density at radius 3 is 2.33 bits per heavy atom. The van der Waals surface area contributed by atoms with Crippen molar-refractivity contribution in [3.05, 3.63) is 87.9 Å². The molecule has 0 unspecified atom stereocenters. The number of carbonyl (C=O) groups is 2. The van der Waals surface area contributed by atoms with Gasteiger partial charge in [0.2, 0.25) is 5.67 Å². The van der Waals surface area contributed by atoms with Crippen molar-refractivity contribution in [1.29, 1.82) is 0 Å². The lowest BCUT2D eigenvalue weighted by Gasteiger charge is -2.37. The first-order chi connectivity index (χ1) is 14.1. The van der Waals surface area contributed by atoms with Crippen molar-refractivity contribution in [2.24, 2.45) is 0 Å². The minimum Gasteiger partial charge on any atom is -0.457 e. The summed E-state index contributed by atoms with van der Waals surface area (Å²) < 4.78 is 23.0. The Bertz CT molecular complexity index is 987. The number of benzene rings is 2. The Morgan fingerprint density at radius 1 is 1.10 bits per heavy atom. The van der Waals surface area contributed by atoms with Crippen molar-refractivity contribution in [3.8, 4) is 0 Å². The highest BCUT2D eigenvalue weighted by molar-refractivity contribution is 9.10. The van der Waals surface area contributed by atoms with Gasteiger partial charge in [-0.15, -0.1) is 0 Å². The smallest absolute Gasteiger partial charge is 0.349 e. The third-order valence-electron chi connectivity index (χ3n) is 4.85. The first kappa shape index (κ1) is 22.2. The molecule has 0 radical (unpaired) electrons. The van der Waals surface area contributed by atoms with Gasteiger partial charge in [-0.25, -0.2) is 9.18 Å². The summed E-state index contributed by atoms with van der Waals surface area (Å²) in [5.41, 5.74) is -1.94. The van der Waals surface area contributed by atoms with Crippen LogP contribution in [0.3, 0.4) is 0 Å². The maximum absolute atomic E-state index is 16.7. The van der Waals surface area contributed by atoms with Gasteiger partial charge in [0.15, 0.2) is 5.78 Å². The number of rotatable bonds is 4. The molecule has 2 aromatic carbocycles. The monoisotopic (exact) mass is 470 g/mol. The van der Waals surface area contributed by atoms with Crippen LogP contribution in [0.1, 0.15) is 44.2 Å². The van der Waals surface area contributed by atoms with Crippen LogP contribution >= 0.6 is 15.9 Å². The zero-order valence-corrected chi connectivity index (χ0v) is 18.8. The molecule has 0 heterocycles. The summed E-state index contributed by atoms with van der Waals surface area (Å²) in [7, 11) is 0. The van der Waals surface area contributed by atoms with Gasteiger partial charge in [0.1, 0.15) is 5.60 Å². The van der Waals surface area contributed by atoms with E-state index in [0.717, 1.165) is 10.0 Å². The number of halogens is 2. The minimum absolute atomic E-state index is 0.00442. The summed E-state index contributed by atoms with van der Waals surface area (Å²) in [5.74, 6) is -2.19. The maximum Gasteiger partial charge on any atom is 0.349 e. The maximum atomic E-state index is 16.7. The summed E-state index contributed by atoms with van der Waals surface area (Å²) in [5, 5.41) is 0. The molecule has 0 amide bonds. The van der Waals surface area contributed by atoms with Gasteiger partial charge in [-0.05, 0) is 50.1 Å². The van der Waals surface area contributed by atoms with Crippen LogP contribution in [0.15, 0.2) is 76.8 Å². The second-order valence-electron chi connectivity index (χ2n) is 8.33. The second-order valence-corrected chi connectivity index (χ2v) is 9.25. The molecule has 0 aliphatic heterocycles. The van der Waals surface area contributed by atoms with Crippen LogP contribution in [0.4, 0.5) is 4.39 Å². The molecule has 1 aliphatic carbocycles. The number of hydrogen-bond donors (Lipinski definition) is 0. The van der Waals surface area contributed by atoms with Crippen LogP contribution in [0, 0.1) is 0 Å². The first-order valence-electron chi connectivity index (χ1n) is 9.75. The third kappa shape index (κ3) is 4.96. The van der Waals surface area contributed by atoms with Gasteiger partial charge in [0.05, 0.1) is 0 Å². The van der Waals surface area contributed by atoms with Crippen LogP contribution in [0.2, 0.25) is 0 Å². The lowest BCUT2D eigenvalue weighted by Crippen LogP contribution is -2.48. The molecule has 3 rings (SSSR count). The number of alkyl halides is 1. The Hall–Kier alpha value is -2.53. The van der Waals surface area contributed by atoms with E-state index in [9.17, 15) is 9.59 Å². The highest BCUT2D eigenvalue weighted by Gasteiger charge is 2.54. The largest absolute Gasteiger partial charge is 0.457 e. The highest BCUT2D eigenvalue weighted by atomic mass is 79.9. The molecule has 3 nitrogen and oxygen atoms in total. The van der Waals surface area contributed by atoms with E-state index in [2.05, 4.69) is 15.9 Å². The van der Waals surface area contributed by atoms with Crippen molar-refractivity contribution >= 4 is 33.8 Å². The number of ether oxygens (including phenoxy) is 1. The summed E-state index contributed by atoms with van der Waals surface area (Å²) >= 11 is 3.37. The quantitative estimate of drug-likeness (QED) is 0.499. The summed E-state index contributed by atoms with van der Waals surface area (Å²) in [4.78, 5) is 25.6. The number of carbonyl (C=O) groups excluding carboxylic acids is 2. The van der Waals surface area contributed by atoms with Gasteiger partial charge < -0.3 is 4.74 Å². The lowest BCUT2D eigenvalue weighted by atomic mass is 9.71. The predicted molar refractivity (Wildman–Crippen MR) is 120 cm³/mol. The molecule has 156 valence electrons. The first-order valence-corrected chi connectivity index (χ1v) is 10.5. The van der Waals surface area contributed by atoms with Gasteiger partial charge in [-0.2, -0.15) is 0 Å². The molecule has 2 atom stereocenters. The Morgan fingerprint density at radius 2 is 1.73 bits per heavy atom. The Kier molecular flexibility index (Phi) is 6.41. The van der Waals surface area contributed by atoms with Crippen molar-refractivity contribution in [3.63, 3.8) is 0 Å². The molecule has 2 aromatic rings. The van der Waals surface area contributed by atoms with E-state index in [4.69, 9.17) is 4.74 Å². The lowest BCUT2D eigenvalue weighted by molar-refractivity contribution is -0.168. The fourth-order valence-electron chi connectivity index (χ4n) is 3.46. The molecule has 0 spiro atoms. The number of esters is 1. The number of allylic oxidation sites excluding steroid dienone is 2. The van der Waals surface area contributed by atoms with E-state index in [-0.39, 0.29) is 17.8 Å². The van der Waals surface area contributed by atoms with E-state index in [1.54, 1.807) is 51.1 Å². The number of hydrogen-bond acceptors (Lipinski definition) is 3. The normalized spacial score (nSPS) is 22.1. The van der Waals surface area contributed by atoms with E-state index in [1.165, 1.54) is 12.2 Å². The summed E-state index contributed by atoms with van der Waals surface area (Å²) in [6, 6.07) is 16.3. The standard InChI is InChI=1S/C25H24BrFO3/c1-24(2,3)30-23(29)25(27)19(12-9-17-7-5-4-6-8-17)15-21(28)16-22(25)18-10-13-20(26)14-11-18/h4-15,22H,16H2,1-3H3/b12-9+/t22-,25+/m0/s1. The predicted octanol–water partition coefficient (Wildman–Crippen LogP) is 6.20. The zero-order valence-electron chi connectivity index (χ0n) is 17.2. The number of ketones is 1. The molecular weight excluding hydrogens is 447 g/mol. The summed E-state index contributed by atoms with van der Waals surface area (Å²) in [6.07, 6.45) is 4.31. The molecule has 0 saturated carbocycles. The van der Waals surface area contributed by atoms with Gasteiger partial charge in [-0.1, -0.05) is 70.5 Å². The van der Waals surface area contributed by atoms with Gasteiger partial charge in [-0.3, -0.25) is 4.79 Å². The molecular formula is C25H24BrFO3. The minimum atomic E-state index is -2.49. The topological polar surface area (TPSA) is 43.4 Å². The average Bonchev–Trinajstić information content (AvgIpc) is 2.68. The van der Waals surface area contributed by atoms with Crippen LogP contribution < -0.4 is 0 Å². The van der Waals surface area contributed by atoms with Gasteiger partial charge in [0, 0.05) is 22.4 Å². The molecule has 1 aliphatic rings. The van der Waals surface area contributed by atoms with Crippen LogP contribution in [-0.2, 0) is 14.3 Å². The fraction of sp³-hybridized carbons (Fsp3) is 0.280. The molecule has 0 bridgehead atoms. The van der Waals surface area contributed by atoms with E-state index in [1.807, 2.05) is 30.3 Å². The van der Waals surface area contributed by atoms with E-state index < -0.39 is 23.2 Å². The van der Waals surface area contributed by atoms with Crippen LogP contribution in [0.5, 0.6) is 0 Å². The van der Waals surface area contributed by atoms with Gasteiger partial charge >= 0.3 is 5.97 Å². The van der Waals surface area contributed by atoms with Crippen LogP contribution in [-0.4, -0.2) is 23.0 Å². The zero-order chi connectivity index (χ0) is 21.9. The molecule has 5 heteroatoms. The van der Waals surface area contributed by atoms with Gasteiger partial charge in [0.25, 0.3) is 0 Å². The van der Waals surface area contributed by atoms with Crippen molar-refractivity contribution in [2.75, 3.05) is 0 Å². The average molecular weight is 471 g/mol. The Labute approximate surface area is 184 Å². The highest BCUT2D eigenvalue weighted by Crippen LogP contribution is 2.46. The molecule has 30 heavy (non-hydrogen) atoms. The van der Waals surface area contributed by atoms with Crippen molar-refractivity contribution in [1.82, 2.24) is 0 Å². The second kappa shape index (κ2) is 8.68. The molecule has 0 fully saturated rings. The third-order valence-corrected chi connectivity index (χ3v) is 5.37.